The number of carbonyl (C=O) groups excluding carboxylic acids is 1. The van der Waals surface area contributed by atoms with E-state index in [0.717, 1.165) is 5.69 Å². The number of carbonyl (C=O) groups is 1. The summed E-state index contributed by atoms with van der Waals surface area (Å²) in [6, 6.07) is 7.01. The molecule has 0 fully saturated rings. The number of nitrogens with one attached hydrogen (secondary N) is 1. The predicted molar refractivity (Wildman–Crippen MR) is 85.8 cm³/mol. The van der Waals surface area contributed by atoms with Gasteiger partial charge in [0.15, 0.2) is 6.10 Å². The number of ether oxygens (including phenoxy) is 1. The predicted octanol–water partition coefficient (Wildman–Crippen LogP) is 3.13. The molecule has 0 aliphatic rings. The Morgan fingerprint density at radius 2 is 2.05 bits per heavy atom. The highest BCUT2D eigenvalue weighted by atomic mass is 35.5. The summed E-state index contributed by atoms with van der Waals surface area (Å²) in [5, 5.41) is 0.635. The first-order valence-corrected chi connectivity index (χ1v) is 7.49. The zero-order valence-corrected chi connectivity index (χ0v) is 13.7. The molecular formula is C16H20ClN3O2. The van der Waals surface area contributed by atoms with Gasteiger partial charge in [0.05, 0.1) is 18.6 Å². The highest BCUT2D eigenvalue weighted by molar-refractivity contribution is 6.30. The lowest BCUT2D eigenvalue weighted by Crippen LogP contribution is -2.42. The molecule has 118 valence electrons. The van der Waals surface area contributed by atoms with E-state index in [0.29, 0.717) is 17.3 Å². The quantitative estimate of drug-likeness (QED) is 0.889. The van der Waals surface area contributed by atoms with Gasteiger partial charge in [-0.3, -0.25) is 4.79 Å². The van der Waals surface area contributed by atoms with E-state index in [-0.39, 0.29) is 11.8 Å². The first kappa shape index (κ1) is 16.4. The number of amides is 1. The zero-order chi connectivity index (χ0) is 16.1. The van der Waals surface area contributed by atoms with Crippen LogP contribution in [0, 0.1) is 5.92 Å². The van der Waals surface area contributed by atoms with Crippen LogP contribution in [-0.2, 0) is 11.3 Å². The van der Waals surface area contributed by atoms with E-state index >= 15 is 0 Å². The molecule has 0 bridgehead atoms. The summed E-state index contributed by atoms with van der Waals surface area (Å²) >= 11 is 5.86. The Bertz CT molecular complexity index is 596. The number of benzene rings is 1. The van der Waals surface area contributed by atoms with E-state index in [1.807, 2.05) is 13.8 Å². The van der Waals surface area contributed by atoms with Crippen molar-refractivity contribution in [3.63, 3.8) is 0 Å². The highest BCUT2D eigenvalue weighted by Gasteiger charge is 2.27. The van der Waals surface area contributed by atoms with Gasteiger partial charge in [0.25, 0.3) is 5.91 Å². The van der Waals surface area contributed by atoms with Crippen LogP contribution in [0.15, 0.2) is 36.8 Å². The second-order valence-electron chi connectivity index (χ2n) is 5.51. The van der Waals surface area contributed by atoms with Gasteiger partial charge in [-0.1, -0.05) is 25.4 Å². The standard InChI is InChI=1S/C16H20ClN3O2/c1-11(2)15(22-14-6-4-12(17)5-7-14)16(21)20(3)9-13-8-18-10-19-13/h4-8,10-11,15H,9H2,1-3H3,(H,18,19)/t15-/m0/s1. The minimum Gasteiger partial charge on any atom is -0.480 e. The summed E-state index contributed by atoms with van der Waals surface area (Å²) in [7, 11) is 1.75. The number of hydrogen-bond acceptors (Lipinski definition) is 3. The van der Waals surface area contributed by atoms with E-state index in [1.165, 1.54) is 0 Å². The molecule has 1 aromatic heterocycles. The fraction of sp³-hybridized carbons (Fsp3) is 0.375. The number of hydrogen-bond donors (Lipinski definition) is 1. The third-order valence-corrected chi connectivity index (χ3v) is 3.52. The van der Waals surface area contributed by atoms with Crippen molar-refractivity contribution < 1.29 is 9.53 Å². The third-order valence-electron chi connectivity index (χ3n) is 3.26. The van der Waals surface area contributed by atoms with Crippen LogP contribution in [0.4, 0.5) is 0 Å². The molecule has 2 rings (SSSR count). The number of halogens is 1. The summed E-state index contributed by atoms with van der Waals surface area (Å²) in [5.41, 5.74) is 0.879. The van der Waals surface area contributed by atoms with Gasteiger partial charge in [-0.15, -0.1) is 0 Å². The molecule has 0 unspecified atom stereocenters. The molecule has 1 heterocycles. The van der Waals surface area contributed by atoms with E-state index in [4.69, 9.17) is 16.3 Å². The lowest BCUT2D eigenvalue weighted by Gasteiger charge is -2.26. The molecular weight excluding hydrogens is 302 g/mol. The van der Waals surface area contributed by atoms with Crippen LogP contribution < -0.4 is 4.74 Å². The number of aromatic nitrogens is 2. The van der Waals surface area contributed by atoms with Crippen LogP contribution in [0.2, 0.25) is 5.02 Å². The smallest absolute Gasteiger partial charge is 0.264 e. The van der Waals surface area contributed by atoms with Crippen LogP contribution in [0.5, 0.6) is 5.75 Å². The molecule has 1 atom stereocenters. The molecule has 22 heavy (non-hydrogen) atoms. The topological polar surface area (TPSA) is 58.2 Å². The van der Waals surface area contributed by atoms with Crippen molar-refractivity contribution >= 4 is 17.5 Å². The van der Waals surface area contributed by atoms with Gasteiger partial charge in [0.2, 0.25) is 0 Å². The number of likely N-dealkylation sites (N-methyl/N-ethyl adjacent to an activating group) is 1. The van der Waals surface area contributed by atoms with E-state index in [2.05, 4.69) is 9.97 Å². The van der Waals surface area contributed by atoms with Gasteiger partial charge in [0, 0.05) is 18.3 Å². The molecule has 0 aliphatic heterocycles. The largest absolute Gasteiger partial charge is 0.480 e. The van der Waals surface area contributed by atoms with Crippen molar-refractivity contribution in [2.24, 2.45) is 5.92 Å². The first-order chi connectivity index (χ1) is 10.5. The van der Waals surface area contributed by atoms with E-state index in [1.54, 1.807) is 48.7 Å². The van der Waals surface area contributed by atoms with Crippen LogP contribution in [0.1, 0.15) is 19.5 Å². The van der Waals surface area contributed by atoms with Crippen molar-refractivity contribution in [2.75, 3.05) is 7.05 Å². The van der Waals surface area contributed by atoms with Crippen LogP contribution in [-0.4, -0.2) is 33.9 Å². The van der Waals surface area contributed by atoms with Gasteiger partial charge >= 0.3 is 0 Å². The van der Waals surface area contributed by atoms with Gasteiger partial charge in [-0.05, 0) is 30.2 Å². The molecule has 1 N–H and O–H groups in total. The van der Waals surface area contributed by atoms with Crippen molar-refractivity contribution in [1.29, 1.82) is 0 Å². The van der Waals surface area contributed by atoms with Gasteiger partial charge in [0.1, 0.15) is 5.75 Å². The second-order valence-corrected chi connectivity index (χ2v) is 5.94. The molecule has 1 amide bonds. The molecule has 0 aliphatic carbocycles. The third kappa shape index (κ3) is 4.24. The zero-order valence-electron chi connectivity index (χ0n) is 12.9. The number of nitrogens with zero attached hydrogens (tertiary/aromatic N) is 2. The van der Waals surface area contributed by atoms with Crippen LogP contribution in [0.3, 0.4) is 0 Å². The minimum absolute atomic E-state index is 0.0485. The SMILES string of the molecule is CC(C)[C@H](Oc1ccc(Cl)cc1)C(=O)N(C)Cc1cnc[nH]1. The summed E-state index contributed by atoms with van der Waals surface area (Å²) in [6.45, 7) is 4.39. The normalized spacial score (nSPS) is 12.2. The maximum atomic E-state index is 12.6. The lowest BCUT2D eigenvalue weighted by molar-refractivity contribution is -0.139. The Morgan fingerprint density at radius 3 is 2.59 bits per heavy atom. The number of aromatic amines is 1. The second kappa shape index (κ2) is 7.31. The van der Waals surface area contributed by atoms with E-state index in [9.17, 15) is 4.79 Å². The number of imidazole rings is 1. The average Bonchev–Trinajstić information content (AvgIpc) is 2.98. The van der Waals surface area contributed by atoms with Crippen molar-refractivity contribution in [3.05, 3.63) is 47.5 Å². The maximum Gasteiger partial charge on any atom is 0.264 e. The molecule has 0 saturated carbocycles. The van der Waals surface area contributed by atoms with Crippen molar-refractivity contribution in [1.82, 2.24) is 14.9 Å². The van der Waals surface area contributed by atoms with Gasteiger partial charge in [-0.2, -0.15) is 0 Å². The molecule has 5 nitrogen and oxygen atoms in total. The van der Waals surface area contributed by atoms with Gasteiger partial charge in [-0.25, -0.2) is 4.98 Å². The Balaban J connectivity index is 2.06. The molecule has 0 radical (unpaired) electrons. The summed E-state index contributed by atoms with van der Waals surface area (Å²) in [5.74, 6) is 0.610. The van der Waals surface area contributed by atoms with Crippen molar-refractivity contribution in [2.45, 2.75) is 26.5 Å². The molecule has 1 aromatic carbocycles. The highest BCUT2D eigenvalue weighted by Crippen LogP contribution is 2.20. The van der Waals surface area contributed by atoms with Crippen LogP contribution >= 0.6 is 11.6 Å². The molecule has 0 saturated heterocycles. The van der Waals surface area contributed by atoms with Crippen LogP contribution in [0.25, 0.3) is 0 Å². The maximum absolute atomic E-state index is 12.6. The Labute approximate surface area is 135 Å². The molecule has 0 spiro atoms. The monoisotopic (exact) mass is 321 g/mol. The summed E-state index contributed by atoms with van der Waals surface area (Å²) < 4.78 is 5.86. The average molecular weight is 322 g/mol. The number of rotatable bonds is 6. The Morgan fingerprint density at radius 1 is 1.36 bits per heavy atom. The minimum atomic E-state index is -0.547. The van der Waals surface area contributed by atoms with Gasteiger partial charge < -0.3 is 14.6 Å². The molecule has 6 heteroatoms. The Hall–Kier alpha value is -2.01. The summed E-state index contributed by atoms with van der Waals surface area (Å²) in [6.07, 6.45) is 2.75. The lowest BCUT2D eigenvalue weighted by atomic mass is 10.1. The fourth-order valence-electron chi connectivity index (χ4n) is 2.05. The Kier molecular flexibility index (Phi) is 5.44. The fourth-order valence-corrected chi connectivity index (χ4v) is 2.18. The number of H-pyrrole nitrogens is 1. The summed E-state index contributed by atoms with van der Waals surface area (Å²) in [4.78, 5) is 21.2. The van der Waals surface area contributed by atoms with E-state index < -0.39 is 6.10 Å². The first-order valence-electron chi connectivity index (χ1n) is 7.12. The van der Waals surface area contributed by atoms with Crippen molar-refractivity contribution in [3.8, 4) is 5.75 Å². The molecule has 2 aromatic rings.